The van der Waals surface area contributed by atoms with Crippen molar-refractivity contribution in [1.29, 1.82) is 0 Å². The molecule has 74 valence electrons. The lowest BCUT2D eigenvalue weighted by Gasteiger charge is -1.92. The van der Waals surface area contributed by atoms with E-state index in [2.05, 4.69) is 20.5 Å². The average Bonchev–Trinajstić information content (AvgIpc) is 2.85. The number of hydrogen-bond acceptors (Lipinski definition) is 6. The maximum atomic E-state index is 5.39. The van der Waals surface area contributed by atoms with E-state index in [9.17, 15) is 0 Å². The molecule has 0 aliphatic heterocycles. The zero-order chi connectivity index (χ0) is 9.80. The Hall–Kier alpha value is -1.27. The first-order valence-corrected chi connectivity index (χ1v) is 5.26. The van der Waals surface area contributed by atoms with Crippen LogP contribution < -0.4 is 5.32 Å². The van der Waals surface area contributed by atoms with Gasteiger partial charge in [0, 0.05) is 5.38 Å². The average molecular weight is 210 g/mol. The summed E-state index contributed by atoms with van der Waals surface area (Å²) in [6, 6.07) is 0. The van der Waals surface area contributed by atoms with Crippen LogP contribution in [-0.4, -0.2) is 21.7 Å². The smallest absolute Gasteiger partial charge is 0.267 e. The molecule has 0 unspecified atom stereocenters. The second-order valence-electron chi connectivity index (χ2n) is 2.65. The topological polar surface area (TPSA) is 63.8 Å². The predicted molar refractivity (Wildman–Crippen MR) is 52.8 cm³/mol. The van der Waals surface area contributed by atoms with E-state index >= 15 is 0 Å². The number of thiazole rings is 1. The van der Waals surface area contributed by atoms with E-state index in [4.69, 9.17) is 4.42 Å². The molecule has 2 rings (SSSR count). The van der Waals surface area contributed by atoms with Crippen molar-refractivity contribution in [3.05, 3.63) is 16.8 Å². The van der Waals surface area contributed by atoms with Crippen molar-refractivity contribution in [2.45, 2.75) is 13.5 Å². The monoisotopic (exact) mass is 210 g/mol. The van der Waals surface area contributed by atoms with E-state index in [-0.39, 0.29) is 0 Å². The summed E-state index contributed by atoms with van der Waals surface area (Å²) in [6.45, 7) is 3.51. The highest BCUT2D eigenvalue weighted by molar-refractivity contribution is 7.07. The highest BCUT2D eigenvalue weighted by Crippen LogP contribution is 2.16. The molecule has 2 aromatic rings. The molecule has 6 heteroatoms. The van der Waals surface area contributed by atoms with Crippen molar-refractivity contribution in [3.8, 4) is 11.6 Å². The van der Waals surface area contributed by atoms with Crippen LogP contribution in [0.1, 0.15) is 12.8 Å². The quantitative estimate of drug-likeness (QED) is 0.824. The fourth-order valence-electron chi connectivity index (χ4n) is 0.979. The molecule has 2 aromatic heterocycles. The Morgan fingerprint density at radius 1 is 1.50 bits per heavy atom. The lowest BCUT2D eigenvalue weighted by Crippen LogP contribution is -2.11. The minimum absolute atomic E-state index is 0.485. The molecule has 2 heterocycles. The fraction of sp³-hybridized carbons (Fsp3) is 0.375. The summed E-state index contributed by atoms with van der Waals surface area (Å²) in [7, 11) is 0. The standard InChI is InChI=1S/C8H10N4OS/c1-2-9-3-7-11-12-8(13-7)6-4-14-5-10-6/h4-5,9H,2-3H2,1H3. The zero-order valence-corrected chi connectivity index (χ0v) is 8.54. The summed E-state index contributed by atoms with van der Waals surface area (Å²) < 4.78 is 5.39. The summed E-state index contributed by atoms with van der Waals surface area (Å²) >= 11 is 1.51. The minimum Gasteiger partial charge on any atom is -0.418 e. The van der Waals surface area contributed by atoms with Gasteiger partial charge in [-0.1, -0.05) is 6.92 Å². The molecule has 0 saturated carbocycles. The molecule has 0 fully saturated rings. The molecule has 0 aliphatic rings. The maximum absolute atomic E-state index is 5.39. The Bertz CT molecular complexity index is 384. The van der Waals surface area contributed by atoms with Gasteiger partial charge in [-0.25, -0.2) is 4.98 Å². The van der Waals surface area contributed by atoms with E-state index in [0.717, 1.165) is 12.2 Å². The fourth-order valence-corrected chi connectivity index (χ4v) is 1.50. The molecule has 1 N–H and O–H groups in total. The van der Waals surface area contributed by atoms with Crippen LogP contribution in [0.5, 0.6) is 0 Å². The van der Waals surface area contributed by atoms with Crippen LogP contribution in [0.2, 0.25) is 0 Å². The first kappa shape index (κ1) is 9.29. The first-order chi connectivity index (χ1) is 6.90. The normalized spacial score (nSPS) is 10.6. The Morgan fingerprint density at radius 2 is 2.43 bits per heavy atom. The maximum Gasteiger partial charge on any atom is 0.267 e. The summed E-state index contributed by atoms with van der Waals surface area (Å²) in [5.74, 6) is 1.08. The number of hydrogen-bond donors (Lipinski definition) is 1. The summed E-state index contributed by atoms with van der Waals surface area (Å²) in [5.41, 5.74) is 2.48. The van der Waals surface area contributed by atoms with Crippen LogP contribution in [0.25, 0.3) is 11.6 Å². The van der Waals surface area contributed by atoms with Gasteiger partial charge in [-0.15, -0.1) is 21.5 Å². The molecule has 14 heavy (non-hydrogen) atoms. The predicted octanol–water partition coefficient (Wildman–Crippen LogP) is 1.30. The van der Waals surface area contributed by atoms with Gasteiger partial charge >= 0.3 is 0 Å². The van der Waals surface area contributed by atoms with Crippen molar-refractivity contribution < 1.29 is 4.42 Å². The number of nitrogens with zero attached hydrogens (tertiary/aromatic N) is 3. The zero-order valence-electron chi connectivity index (χ0n) is 7.73. The summed E-state index contributed by atoms with van der Waals surface area (Å²) in [6.07, 6.45) is 0. The van der Waals surface area contributed by atoms with Gasteiger partial charge in [-0.2, -0.15) is 0 Å². The molecule has 0 spiro atoms. The van der Waals surface area contributed by atoms with Crippen LogP contribution in [0, 0.1) is 0 Å². The van der Waals surface area contributed by atoms with Gasteiger partial charge in [-0.3, -0.25) is 0 Å². The lowest BCUT2D eigenvalue weighted by atomic mass is 10.5. The van der Waals surface area contributed by atoms with Gasteiger partial charge in [0.05, 0.1) is 12.1 Å². The van der Waals surface area contributed by atoms with Crippen LogP contribution in [0.15, 0.2) is 15.3 Å². The molecule has 0 saturated heterocycles. The van der Waals surface area contributed by atoms with Gasteiger partial charge < -0.3 is 9.73 Å². The molecular formula is C8H10N4OS. The van der Waals surface area contributed by atoms with E-state index in [1.807, 2.05) is 12.3 Å². The highest BCUT2D eigenvalue weighted by atomic mass is 32.1. The van der Waals surface area contributed by atoms with Crippen molar-refractivity contribution in [1.82, 2.24) is 20.5 Å². The van der Waals surface area contributed by atoms with Crippen molar-refractivity contribution in [2.24, 2.45) is 0 Å². The van der Waals surface area contributed by atoms with Crippen LogP contribution >= 0.6 is 11.3 Å². The third kappa shape index (κ3) is 1.97. The Morgan fingerprint density at radius 3 is 3.14 bits per heavy atom. The molecule has 0 bridgehead atoms. The van der Waals surface area contributed by atoms with Crippen LogP contribution in [0.4, 0.5) is 0 Å². The number of aromatic nitrogens is 3. The lowest BCUT2D eigenvalue weighted by molar-refractivity contribution is 0.481. The van der Waals surface area contributed by atoms with E-state index in [1.165, 1.54) is 11.3 Å². The number of nitrogens with one attached hydrogen (secondary N) is 1. The SMILES string of the molecule is CCNCc1nnc(-c2cscn2)o1. The van der Waals surface area contributed by atoms with E-state index < -0.39 is 0 Å². The van der Waals surface area contributed by atoms with Gasteiger partial charge in [0.1, 0.15) is 5.69 Å². The third-order valence-electron chi connectivity index (χ3n) is 1.64. The molecule has 0 atom stereocenters. The molecule has 5 nitrogen and oxygen atoms in total. The van der Waals surface area contributed by atoms with Gasteiger partial charge in [0.15, 0.2) is 0 Å². The number of rotatable bonds is 4. The second kappa shape index (κ2) is 4.30. The first-order valence-electron chi connectivity index (χ1n) is 4.32. The molecule has 0 amide bonds. The highest BCUT2D eigenvalue weighted by Gasteiger charge is 2.08. The van der Waals surface area contributed by atoms with Crippen LogP contribution in [0.3, 0.4) is 0 Å². The Balaban J connectivity index is 2.10. The van der Waals surface area contributed by atoms with Crippen molar-refractivity contribution >= 4 is 11.3 Å². The van der Waals surface area contributed by atoms with Crippen molar-refractivity contribution in [2.75, 3.05) is 6.54 Å². The summed E-state index contributed by atoms with van der Waals surface area (Å²) in [4.78, 5) is 4.08. The molecule has 0 aliphatic carbocycles. The minimum atomic E-state index is 0.485. The second-order valence-corrected chi connectivity index (χ2v) is 3.37. The van der Waals surface area contributed by atoms with Crippen molar-refractivity contribution in [3.63, 3.8) is 0 Å². The summed E-state index contributed by atoms with van der Waals surface area (Å²) in [5, 5.41) is 12.8. The van der Waals surface area contributed by atoms with Crippen LogP contribution in [-0.2, 0) is 6.54 Å². The van der Waals surface area contributed by atoms with E-state index in [0.29, 0.717) is 18.3 Å². The third-order valence-corrected chi connectivity index (χ3v) is 2.23. The Kier molecular flexibility index (Phi) is 2.85. The van der Waals surface area contributed by atoms with Gasteiger partial charge in [0.2, 0.25) is 5.89 Å². The Labute approximate surface area is 85.2 Å². The molecule has 0 aromatic carbocycles. The largest absolute Gasteiger partial charge is 0.418 e. The van der Waals surface area contributed by atoms with E-state index in [1.54, 1.807) is 5.51 Å². The molecule has 0 radical (unpaired) electrons. The van der Waals surface area contributed by atoms with Gasteiger partial charge in [0.25, 0.3) is 5.89 Å². The molecular weight excluding hydrogens is 200 g/mol. The van der Waals surface area contributed by atoms with Gasteiger partial charge in [-0.05, 0) is 6.54 Å².